The van der Waals surface area contributed by atoms with E-state index in [-0.39, 0.29) is 35.8 Å². The summed E-state index contributed by atoms with van der Waals surface area (Å²) in [5.74, 6) is 2.23. The Morgan fingerprint density at radius 1 is 1.12 bits per heavy atom. The molecule has 33 heavy (non-hydrogen) atoms. The van der Waals surface area contributed by atoms with E-state index in [4.69, 9.17) is 9.47 Å². The molecule has 0 spiro atoms. The molecule has 7 nitrogen and oxygen atoms in total. The van der Waals surface area contributed by atoms with Crippen LogP contribution in [-0.2, 0) is 6.54 Å². The number of aliphatic imine (C=N–C) groups is 1. The smallest absolute Gasteiger partial charge is 0.387 e. The lowest BCUT2D eigenvalue weighted by Crippen LogP contribution is -2.44. The number of halogens is 3. The molecule has 1 aliphatic rings. The molecular weight excluding hydrogens is 545 g/mol. The van der Waals surface area contributed by atoms with Crippen molar-refractivity contribution >= 4 is 35.6 Å². The molecule has 10 heteroatoms. The van der Waals surface area contributed by atoms with E-state index in [2.05, 4.69) is 20.4 Å². The minimum Gasteiger partial charge on any atom is -0.493 e. The van der Waals surface area contributed by atoms with Gasteiger partial charge in [-0.25, -0.2) is 4.99 Å². The van der Waals surface area contributed by atoms with Crippen LogP contribution in [0, 0.1) is 0 Å². The number of methoxy groups -OCH3 is 2. The third kappa shape index (κ3) is 7.51. The molecule has 3 rings (SSSR count). The van der Waals surface area contributed by atoms with Crippen molar-refractivity contribution in [3.63, 3.8) is 0 Å². The predicted octanol–water partition coefficient (Wildman–Crippen LogP) is 4.26. The summed E-state index contributed by atoms with van der Waals surface area (Å²) in [4.78, 5) is 6.74. The molecule has 1 unspecified atom stereocenters. The fourth-order valence-electron chi connectivity index (χ4n) is 3.67. The van der Waals surface area contributed by atoms with Crippen molar-refractivity contribution < 1.29 is 23.0 Å². The molecule has 0 amide bonds. The van der Waals surface area contributed by atoms with Gasteiger partial charge in [0.05, 0.1) is 26.5 Å². The molecule has 0 saturated carbocycles. The van der Waals surface area contributed by atoms with Crippen molar-refractivity contribution in [2.45, 2.75) is 32.5 Å². The maximum atomic E-state index is 12.7. The fourth-order valence-corrected chi connectivity index (χ4v) is 3.67. The molecule has 1 aliphatic heterocycles. The summed E-state index contributed by atoms with van der Waals surface area (Å²) in [5, 5.41) is 6.71. The van der Waals surface area contributed by atoms with Crippen molar-refractivity contribution in [2.24, 2.45) is 4.99 Å². The van der Waals surface area contributed by atoms with Crippen molar-refractivity contribution in [2.75, 3.05) is 38.8 Å². The van der Waals surface area contributed by atoms with Crippen molar-refractivity contribution in [1.29, 1.82) is 0 Å². The molecule has 182 valence electrons. The molecule has 1 heterocycles. The van der Waals surface area contributed by atoms with E-state index in [1.165, 1.54) is 0 Å². The van der Waals surface area contributed by atoms with Gasteiger partial charge in [-0.15, -0.1) is 24.0 Å². The molecule has 1 atom stereocenters. The number of hydrogen-bond acceptors (Lipinski definition) is 5. The van der Waals surface area contributed by atoms with Gasteiger partial charge in [0.15, 0.2) is 17.5 Å². The molecule has 1 fully saturated rings. The molecule has 0 aromatic heterocycles. The fraction of sp³-hybridized carbons (Fsp3) is 0.435. The van der Waals surface area contributed by atoms with Crippen LogP contribution < -0.4 is 29.7 Å². The number of nitrogens with one attached hydrogen (secondary N) is 2. The first kappa shape index (κ1) is 26.7. The number of benzene rings is 2. The second-order valence-electron chi connectivity index (χ2n) is 7.31. The maximum Gasteiger partial charge on any atom is 0.387 e. The van der Waals surface area contributed by atoms with E-state index >= 15 is 0 Å². The second-order valence-corrected chi connectivity index (χ2v) is 7.31. The zero-order valence-electron chi connectivity index (χ0n) is 19.0. The van der Waals surface area contributed by atoms with E-state index < -0.39 is 6.61 Å². The lowest BCUT2D eigenvalue weighted by molar-refractivity contribution is -0.0495. The predicted molar refractivity (Wildman–Crippen MR) is 137 cm³/mol. The third-order valence-electron chi connectivity index (χ3n) is 5.16. The second kappa shape index (κ2) is 13.3. The highest BCUT2D eigenvalue weighted by Gasteiger charge is 2.26. The zero-order valence-corrected chi connectivity index (χ0v) is 21.3. The summed E-state index contributed by atoms with van der Waals surface area (Å²) in [6, 6.07) is 12.7. The molecule has 2 aromatic carbocycles. The molecule has 0 bridgehead atoms. The summed E-state index contributed by atoms with van der Waals surface area (Å²) in [6.45, 7) is 1.74. The van der Waals surface area contributed by atoms with E-state index in [0.717, 1.165) is 25.1 Å². The zero-order chi connectivity index (χ0) is 22.9. The molecular formula is C23H31F2IN4O3. The first-order valence-electron chi connectivity index (χ1n) is 10.6. The number of nitrogens with zero attached hydrogens (tertiary/aromatic N) is 2. The van der Waals surface area contributed by atoms with Crippen molar-refractivity contribution in [3.05, 3.63) is 48.0 Å². The van der Waals surface area contributed by atoms with Crippen LogP contribution in [0.4, 0.5) is 14.5 Å². The van der Waals surface area contributed by atoms with Gasteiger partial charge in [0, 0.05) is 25.7 Å². The average molecular weight is 576 g/mol. The summed E-state index contributed by atoms with van der Waals surface area (Å²) in [5.41, 5.74) is 1.66. The SMILES string of the molecule is CCNC(=NCc1ccc(OC)c(OC)c1)NC1CCN(c2ccccc2OC(F)F)C1.I. The lowest BCUT2D eigenvalue weighted by atomic mass is 10.2. The number of anilines is 1. The standard InChI is InChI=1S/C23H30F2N4O3.HI/c1-4-26-23(27-14-16-9-10-20(30-2)21(13-16)31-3)28-17-11-12-29(15-17)18-7-5-6-8-19(18)32-22(24)25;/h5-10,13,17,22H,4,11-12,14-15H2,1-3H3,(H2,26,27,28);1H. The van der Waals surface area contributed by atoms with Gasteiger partial charge in [0.1, 0.15) is 5.75 Å². The highest BCUT2D eigenvalue weighted by molar-refractivity contribution is 14.0. The van der Waals surface area contributed by atoms with Gasteiger partial charge in [-0.1, -0.05) is 18.2 Å². The minimum absolute atomic E-state index is 0. The molecule has 2 N–H and O–H groups in total. The van der Waals surface area contributed by atoms with Gasteiger partial charge in [0.2, 0.25) is 0 Å². The topological polar surface area (TPSA) is 67.4 Å². The monoisotopic (exact) mass is 576 g/mol. The van der Waals surface area contributed by atoms with Crippen LogP contribution in [0.15, 0.2) is 47.5 Å². The number of guanidine groups is 1. The van der Waals surface area contributed by atoms with Crippen LogP contribution in [-0.4, -0.2) is 52.5 Å². The number of alkyl halides is 2. The van der Waals surface area contributed by atoms with Crippen LogP contribution in [0.1, 0.15) is 18.9 Å². The summed E-state index contributed by atoms with van der Waals surface area (Å²) >= 11 is 0. The van der Waals surface area contributed by atoms with Gasteiger partial charge >= 0.3 is 6.61 Å². The highest BCUT2D eigenvalue weighted by atomic mass is 127. The molecule has 1 saturated heterocycles. The van der Waals surface area contributed by atoms with E-state index in [1.807, 2.05) is 36.1 Å². The summed E-state index contributed by atoms with van der Waals surface area (Å²) in [7, 11) is 3.21. The Morgan fingerprint density at radius 2 is 1.88 bits per heavy atom. The number of ether oxygens (including phenoxy) is 3. The third-order valence-corrected chi connectivity index (χ3v) is 5.16. The Balaban J connectivity index is 0.00000385. The van der Waals surface area contributed by atoms with Crippen molar-refractivity contribution in [1.82, 2.24) is 10.6 Å². The van der Waals surface area contributed by atoms with Gasteiger partial charge in [-0.3, -0.25) is 0 Å². The Labute approximate surface area is 210 Å². The summed E-state index contributed by atoms with van der Waals surface area (Å²) in [6.07, 6.45) is 0.851. The van der Waals surface area contributed by atoms with E-state index in [0.29, 0.717) is 36.2 Å². The molecule has 0 aliphatic carbocycles. The Kier molecular flexibility index (Phi) is 10.8. The molecule has 2 aromatic rings. The van der Waals surface area contributed by atoms with Crippen LogP contribution in [0.25, 0.3) is 0 Å². The van der Waals surface area contributed by atoms with Crippen LogP contribution in [0.5, 0.6) is 17.2 Å². The van der Waals surface area contributed by atoms with Gasteiger partial charge < -0.3 is 29.7 Å². The Hall–Kier alpha value is -2.50. The molecule has 0 radical (unpaired) electrons. The lowest BCUT2D eigenvalue weighted by Gasteiger charge is -2.22. The van der Waals surface area contributed by atoms with Gasteiger partial charge in [-0.2, -0.15) is 8.78 Å². The average Bonchev–Trinajstić information content (AvgIpc) is 3.25. The first-order chi connectivity index (χ1) is 15.5. The van der Waals surface area contributed by atoms with Crippen LogP contribution >= 0.6 is 24.0 Å². The van der Waals surface area contributed by atoms with Gasteiger partial charge in [0.25, 0.3) is 0 Å². The maximum absolute atomic E-state index is 12.7. The Morgan fingerprint density at radius 3 is 2.58 bits per heavy atom. The summed E-state index contributed by atoms with van der Waals surface area (Å²) < 4.78 is 40.8. The normalized spacial score (nSPS) is 15.8. The largest absolute Gasteiger partial charge is 0.493 e. The van der Waals surface area contributed by atoms with Crippen molar-refractivity contribution in [3.8, 4) is 17.2 Å². The van der Waals surface area contributed by atoms with E-state index in [9.17, 15) is 8.78 Å². The van der Waals surface area contributed by atoms with Crippen LogP contribution in [0.3, 0.4) is 0 Å². The van der Waals surface area contributed by atoms with Crippen LogP contribution in [0.2, 0.25) is 0 Å². The Bertz CT molecular complexity index is 917. The van der Waals surface area contributed by atoms with E-state index in [1.54, 1.807) is 32.4 Å². The first-order valence-corrected chi connectivity index (χ1v) is 10.6. The quantitative estimate of drug-likeness (QED) is 0.265. The van der Waals surface area contributed by atoms with Gasteiger partial charge in [-0.05, 0) is 43.2 Å². The number of rotatable bonds is 9. The highest BCUT2D eigenvalue weighted by Crippen LogP contribution is 2.32. The number of hydrogen-bond donors (Lipinski definition) is 2. The minimum atomic E-state index is -2.85. The number of para-hydroxylation sites is 2.